The highest BCUT2D eigenvalue weighted by Crippen LogP contribution is 2.05. The predicted molar refractivity (Wildman–Crippen MR) is 34.7 cm³/mol. The molecule has 1 rings (SSSR count). The summed E-state index contributed by atoms with van der Waals surface area (Å²) in [5, 5.41) is 4.96. The van der Waals surface area contributed by atoms with E-state index in [0.717, 1.165) is 6.54 Å². The van der Waals surface area contributed by atoms with Crippen LogP contribution in [-0.4, -0.2) is 16.3 Å². The minimum absolute atomic E-state index is 0.278. The van der Waals surface area contributed by atoms with Gasteiger partial charge in [-0.2, -0.15) is 0 Å². The Hall–Kier alpha value is -0.150. The summed E-state index contributed by atoms with van der Waals surface area (Å²) < 4.78 is 10.8. The van der Waals surface area contributed by atoms with Crippen LogP contribution in [0.15, 0.2) is 11.6 Å². The Morgan fingerprint density at radius 1 is 1.88 bits per heavy atom. The average molecular weight is 131 g/mol. The fourth-order valence-electron chi connectivity index (χ4n) is 0.565. The normalized spacial score (nSPS) is 36.8. The van der Waals surface area contributed by atoms with Gasteiger partial charge in [-0.15, -0.1) is 0 Å². The highest BCUT2D eigenvalue weighted by molar-refractivity contribution is 7.94. The van der Waals surface area contributed by atoms with Gasteiger partial charge >= 0.3 is 0 Å². The molecule has 1 N–H and O–H groups in total. The summed E-state index contributed by atoms with van der Waals surface area (Å²) in [6.45, 7) is 2.80. The Labute approximate surface area is 52.1 Å². The van der Waals surface area contributed by atoms with Gasteiger partial charge in [0, 0.05) is 6.20 Å². The summed E-state index contributed by atoms with van der Waals surface area (Å²) in [4.78, 5) is 0. The highest BCUT2D eigenvalue weighted by Gasteiger charge is 2.15. The summed E-state index contributed by atoms with van der Waals surface area (Å²) in [5.41, 5.74) is 0. The number of nitrogens with one attached hydrogen (secondary N) is 1. The van der Waals surface area contributed by atoms with Crippen LogP contribution < -0.4 is 5.32 Å². The molecule has 0 aromatic heterocycles. The fourth-order valence-corrected chi connectivity index (χ4v) is 1.32. The van der Waals surface area contributed by atoms with Crippen molar-refractivity contribution < 1.29 is 4.55 Å². The summed E-state index contributed by atoms with van der Waals surface area (Å²) in [6, 6.07) is 0. The van der Waals surface area contributed by atoms with Crippen LogP contribution in [0, 0.1) is 0 Å². The summed E-state index contributed by atoms with van der Waals surface area (Å²) in [7, 11) is 0. The summed E-state index contributed by atoms with van der Waals surface area (Å²) in [5.74, 6) is 0. The first kappa shape index (κ1) is 5.98. The molecule has 0 aromatic carbocycles. The van der Waals surface area contributed by atoms with E-state index in [1.165, 1.54) is 0 Å². The van der Waals surface area contributed by atoms with E-state index >= 15 is 0 Å². The zero-order valence-electron chi connectivity index (χ0n) is 4.76. The molecule has 8 heavy (non-hydrogen) atoms. The van der Waals surface area contributed by atoms with Crippen molar-refractivity contribution in [2.75, 3.05) is 6.54 Å². The highest BCUT2D eigenvalue weighted by atomic mass is 32.2. The first-order valence-electron chi connectivity index (χ1n) is 2.60. The molecule has 0 fully saturated rings. The van der Waals surface area contributed by atoms with Crippen LogP contribution in [0.1, 0.15) is 6.92 Å². The van der Waals surface area contributed by atoms with Gasteiger partial charge in [0.2, 0.25) is 0 Å². The van der Waals surface area contributed by atoms with Crippen molar-refractivity contribution in [3.05, 3.63) is 11.6 Å². The monoisotopic (exact) mass is 131 g/mol. The third-order valence-corrected chi connectivity index (χ3v) is 2.49. The zero-order valence-corrected chi connectivity index (χ0v) is 5.57. The minimum atomic E-state index is -0.728. The van der Waals surface area contributed by atoms with Crippen molar-refractivity contribution in [1.29, 1.82) is 0 Å². The van der Waals surface area contributed by atoms with Gasteiger partial charge in [-0.25, -0.2) is 0 Å². The van der Waals surface area contributed by atoms with E-state index in [-0.39, 0.29) is 5.25 Å². The standard InChI is InChI=1S/C5H9NOS/c1-5-4-6-2-3-8(5)7/h2-3,5-6H,4H2,1H3. The Balaban J connectivity index is 2.47. The van der Waals surface area contributed by atoms with Gasteiger partial charge in [-0.3, -0.25) is 0 Å². The Morgan fingerprint density at radius 3 is 3.00 bits per heavy atom. The van der Waals surface area contributed by atoms with Crippen molar-refractivity contribution in [1.82, 2.24) is 5.32 Å². The third kappa shape index (κ3) is 1.17. The van der Waals surface area contributed by atoms with E-state index in [9.17, 15) is 4.55 Å². The second-order valence-electron chi connectivity index (χ2n) is 1.85. The molecule has 1 aliphatic heterocycles. The van der Waals surface area contributed by atoms with Gasteiger partial charge in [0.15, 0.2) is 0 Å². The summed E-state index contributed by atoms with van der Waals surface area (Å²) in [6.07, 6.45) is 1.75. The third-order valence-electron chi connectivity index (χ3n) is 1.12. The average Bonchev–Trinajstić information content (AvgIpc) is 1.77. The van der Waals surface area contributed by atoms with Crippen LogP contribution in [0.4, 0.5) is 0 Å². The summed E-state index contributed by atoms with van der Waals surface area (Å²) >= 11 is -0.728. The predicted octanol–water partition coefficient (Wildman–Crippen LogP) is 0.198. The molecular formula is C5H9NOS. The maximum absolute atomic E-state index is 10.8. The van der Waals surface area contributed by atoms with Crippen LogP contribution in [0.25, 0.3) is 0 Å². The van der Waals surface area contributed by atoms with Crippen molar-refractivity contribution in [3.63, 3.8) is 0 Å². The lowest BCUT2D eigenvalue weighted by molar-refractivity contribution is 0.584. The Bertz CT molecular complexity index is 105. The van der Waals surface area contributed by atoms with Crippen LogP contribution in [-0.2, 0) is 11.2 Å². The number of rotatable bonds is 0. The van der Waals surface area contributed by atoms with Crippen LogP contribution in [0.5, 0.6) is 0 Å². The van der Waals surface area contributed by atoms with Crippen molar-refractivity contribution in [3.8, 4) is 0 Å². The maximum atomic E-state index is 10.8. The molecule has 46 valence electrons. The quantitative estimate of drug-likeness (QED) is 0.476. The number of hydrogen-bond donors (Lipinski definition) is 1. The Kier molecular flexibility index (Phi) is 1.81. The maximum Gasteiger partial charge on any atom is 0.134 e. The van der Waals surface area contributed by atoms with Crippen molar-refractivity contribution in [2.24, 2.45) is 0 Å². The van der Waals surface area contributed by atoms with Gasteiger partial charge in [0.1, 0.15) is 10.7 Å². The molecule has 2 nitrogen and oxygen atoms in total. The largest absolute Gasteiger partial charge is 0.612 e. The zero-order chi connectivity index (χ0) is 5.98. The molecule has 0 aromatic rings. The molecule has 3 heteroatoms. The van der Waals surface area contributed by atoms with Crippen LogP contribution in [0.2, 0.25) is 0 Å². The molecule has 0 amide bonds. The first-order chi connectivity index (χ1) is 3.80. The van der Waals surface area contributed by atoms with Gasteiger partial charge in [-0.05, 0) is 18.1 Å². The number of hydrogen-bond acceptors (Lipinski definition) is 2. The first-order valence-corrected chi connectivity index (χ1v) is 3.88. The lowest BCUT2D eigenvalue weighted by Gasteiger charge is -2.17. The van der Waals surface area contributed by atoms with Gasteiger partial charge in [-0.1, -0.05) is 0 Å². The van der Waals surface area contributed by atoms with Crippen molar-refractivity contribution in [2.45, 2.75) is 12.2 Å². The van der Waals surface area contributed by atoms with Gasteiger partial charge in [0.05, 0.1) is 6.54 Å². The topological polar surface area (TPSA) is 35.1 Å². The van der Waals surface area contributed by atoms with Gasteiger partial charge in [0.25, 0.3) is 0 Å². The second-order valence-corrected chi connectivity index (χ2v) is 3.58. The molecule has 1 aliphatic rings. The molecule has 0 saturated heterocycles. The van der Waals surface area contributed by atoms with E-state index in [2.05, 4.69) is 5.32 Å². The molecular weight excluding hydrogens is 122 g/mol. The SMILES string of the molecule is CC1CNC=C[S+]1[O-]. The lowest BCUT2D eigenvalue weighted by Crippen LogP contribution is -2.31. The van der Waals surface area contributed by atoms with Crippen molar-refractivity contribution >= 4 is 11.2 Å². The van der Waals surface area contributed by atoms with E-state index in [1.54, 1.807) is 11.6 Å². The fraction of sp³-hybridized carbons (Fsp3) is 0.600. The molecule has 1 heterocycles. The lowest BCUT2D eigenvalue weighted by atomic mass is 10.5. The molecule has 2 unspecified atom stereocenters. The van der Waals surface area contributed by atoms with Crippen LogP contribution >= 0.6 is 0 Å². The molecule has 0 aliphatic carbocycles. The molecule has 0 radical (unpaired) electrons. The van der Waals surface area contributed by atoms with E-state index < -0.39 is 11.2 Å². The van der Waals surface area contributed by atoms with E-state index in [0.29, 0.717) is 0 Å². The molecule has 0 bridgehead atoms. The molecule has 0 saturated carbocycles. The molecule has 2 atom stereocenters. The smallest absolute Gasteiger partial charge is 0.134 e. The minimum Gasteiger partial charge on any atom is -0.612 e. The van der Waals surface area contributed by atoms with Crippen LogP contribution in [0.3, 0.4) is 0 Å². The Morgan fingerprint density at radius 2 is 2.62 bits per heavy atom. The van der Waals surface area contributed by atoms with E-state index in [1.807, 2.05) is 6.92 Å². The second kappa shape index (κ2) is 2.42. The van der Waals surface area contributed by atoms with E-state index in [4.69, 9.17) is 0 Å². The van der Waals surface area contributed by atoms with Gasteiger partial charge < -0.3 is 9.87 Å². The molecule has 0 spiro atoms.